The summed E-state index contributed by atoms with van der Waals surface area (Å²) < 4.78 is 9.98. The van der Waals surface area contributed by atoms with E-state index in [1.165, 1.54) is 4.90 Å². The van der Waals surface area contributed by atoms with Crippen LogP contribution in [0.4, 0.5) is 0 Å². The van der Waals surface area contributed by atoms with Gasteiger partial charge in [-0.25, -0.2) is 0 Å². The van der Waals surface area contributed by atoms with Gasteiger partial charge in [0.2, 0.25) is 5.91 Å². The van der Waals surface area contributed by atoms with E-state index in [-0.39, 0.29) is 24.1 Å². The largest absolute Gasteiger partial charge is 0.497 e. The summed E-state index contributed by atoms with van der Waals surface area (Å²) in [5.41, 5.74) is 1.05. The Balaban J connectivity index is 0.000000234. The Morgan fingerprint density at radius 2 is 1.48 bits per heavy atom. The van der Waals surface area contributed by atoms with Crippen molar-refractivity contribution in [2.24, 2.45) is 0 Å². The number of carboxylic acids is 1. The van der Waals surface area contributed by atoms with Gasteiger partial charge in [0.15, 0.2) is 0 Å². The number of amides is 3. The lowest BCUT2D eigenvalue weighted by molar-refractivity contribution is -0.137. The molecular formula is C24H28N2O7. The highest BCUT2D eigenvalue weighted by molar-refractivity contribution is 6.05. The van der Waals surface area contributed by atoms with Crippen molar-refractivity contribution in [1.29, 1.82) is 0 Å². The summed E-state index contributed by atoms with van der Waals surface area (Å²) in [5, 5.41) is 11.1. The molecule has 0 bridgehead atoms. The number of hydrogen-bond donors (Lipinski definition) is 2. The number of aliphatic carboxylic acids is 1. The number of hydrogen-bond acceptors (Lipinski definition) is 6. The maximum Gasteiger partial charge on any atom is 0.303 e. The van der Waals surface area contributed by atoms with E-state index in [1.807, 2.05) is 0 Å². The lowest BCUT2D eigenvalue weighted by atomic mass is 10.2. The summed E-state index contributed by atoms with van der Waals surface area (Å²) in [6.07, 6.45) is 1.72. The highest BCUT2D eigenvalue weighted by Crippen LogP contribution is 2.17. The van der Waals surface area contributed by atoms with Gasteiger partial charge in [-0.2, -0.15) is 0 Å². The zero-order chi connectivity index (χ0) is 24.2. The van der Waals surface area contributed by atoms with Crippen molar-refractivity contribution >= 4 is 23.7 Å². The number of likely N-dealkylation sites (tertiary alicyclic amines) is 1. The molecular weight excluding hydrogens is 428 g/mol. The molecule has 176 valence electrons. The minimum absolute atomic E-state index is 0.0584. The van der Waals surface area contributed by atoms with Crippen LogP contribution in [0.25, 0.3) is 0 Å². The van der Waals surface area contributed by atoms with E-state index >= 15 is 0 Å². The minimum Gasteiger partial charge on any atom is -0.497 e. The first-order valence-electron chi connectivity index (χ1n) is 10.5. The molecule has 0 radical (unpaired) electrons. The smallest absolute Gasteiger partial charge is 0.303 e. The topological polar surface area (TPSA) is 122 Å². The Hall–Kier alpha value is -3.88. The first-order chi connectivity index (χ1) is 15.8. The normalized spacial score (nSPS) is 12.4. The molecule has 2 aromatic carbocycles. The number of rotatable bonds is 8. The fourth-order valence-electron chi connectivity index (χ4n) is 3.04. The molecule has 9 heteroatoms. The first-order valence-corrected chi connectivity index (χ1v) is 10.5. The molecule has 1 saturated heterocycles. The fourth-order valence-corrected chi connectivity index (χ4v) is 3.04. The van der Waals surface area contributed by atoms with Crippen molar-refractivity contribution in [1.82, 2.24) is 10.2 Å². The van der Waals surface area contributed by atoms with Crippen LogP contribution in [0.1, 0.15) is 46.4 Å². The van der Waals surface area contributed by atoms with Crippen LogP contribution in [-0.2, 0) is 9.59 Å². The van der Waals surface area contributed by atoms with Crippen LogP contribution < -0.4 is 14.8 Å². The summed E-state index contributed by atoms with van der Waals surface area (Å²) >= 11 is 0. The predicted octanol–water partition coefficient (Wildman–Crippen LogP) is 2.75. The van der Waals surface area contributed by atoms with E-state index in [2.05, 4.69) is 5.32 Å². The zero-order valence-corrected chi connectivity index (χ0v) is 18.7. The maximum atomic E-state index is 11.9. The van der Waals surface area contributed by atoms with Gasteiger partial charge in [0.05, 0.1) is 14.2 Å². The molecule has 1 aliphatic heterocycles. The van der Waals surface area contributed by atoms with E-state index in [4.69, 9.17) is 14.6 Å². The van der Waals surface area contributed by atoms with Gasteiger partial charge in [-0.3, -0.25) is 24.1 Å². The highest BCUT2D eigenvalue weighted by Gasteiger charge is 2.27. The minimum atomic E-state index is -0.858. The SMILES string of the molecule is COc1ccc(C(=O)N2CCCC2=O)cc1.COc1ccc(C(=O)NCCCC(=O)O)cc1. The molecule has 3 rings (SSSR count). The van der Waals surface area contributed by atoms with Crippen LogP contribution in [0.15, 0.2) is 48.5 Å². The van der Waals surface area contributed by atoms with Crippen molar-refractivity contribution in [2.75, 3.05) is 27.3 Å². The van der Waals surface area contributed by atoms with Crippen LogP contribution >= 0.6 is 0 Å². The van der Waals surface area contributed by atoms with Crippen LogP contribution in [0.2, 0.25) is 0 Å². The van der Waals surface area contributed by atoms with Gasteiger partial charge in [0, 0.05) is 37.1 Å². The van der Waals surface area contributed by atoms with Gasteiger partial charge in [-0.05, 0) is 61.4 Å². The molecule has 33 heavy (non-hydrogen) atoms. The van der Waals surface area contributed by atoms with Gasteiger partial charge in [-0.15, -0.1) is 0 Å². The van der Waals surface area contributed by atoms with E-state index in [0.29, 0.717) is 48.6 Å². The second-order valence-electron chi connectivity index (χ2n) is 7.16. The third-order valence-electron chi connectivity index (χ3n) is 4.86. The standard InChI is InChI=1S/C12H15NO4.C12H13NO3/c1-17-10-6-4-9(5-7-10)12(16)13-8-2-3-11(14)15;1-16-10-6-4-9(5-7-10)12(15)13-8-2-3-11(13)14/h4-7H,2-3,8H2,1H3,(H,13,16)(H,14,15);4-7H,2-3,8H2,1H3. The van der Waals surface area contributed by atoms with E-state index < -0.39 is 5.97 Å². The van der Waals surface area contributed by atoms with Gasteiger partial charge in [0.1, 0.15) is 11.5 Å². The number of imide groups is 1. The van der Waals surface area contributed by atoms with E-state index in [0.717, 1.165) is 6.42 Å². The second kappa shape index (κ2) is 12.8. The van der Waals surface area contributed by atoms with E-state index in [9.17, 15) is 19.2 Å². The molecule has 0 aromatic heterocycles. The summed E-state index contributed by atoms with van der Waals surface area (Å²) in [6.45, 7) is 0.890. The average Bonchev–Trinajstić information content (AvgIpc) is 3.27. The summed E-state index contributed by atoms with van der Waals surface area (Å²) in [7, 11) is 3.13. The Morgan fingerprint density at radius 3 is 1.94 bits per heavy atom. The van der Waals surface area contributed by atoms with Crippen molar-refractivity contribution < 1.29 is 33.8 Å². The Morgan fingerprint density at radius 1 is 0.939 bits per heavy atom. The Labute approximate surface area is 192 Å². The molecule has 0 aliphatic carbocycles. The summed E-state index contributed by atoms with van der Waals surface area (Å²) in [6, 6.07) is 13.5. The molecule has 0 unspecified atom stereocenters. The van der Waals surface area contributed by atoms with Crippen LogP contribution in [0.3, 0.4) is 0 Å². The Kier molecular flexibility index (Phi) is 9.88. The quantitative estimate of drug-likeness (QED) is 0.463. The molecule has 2 aromatic rings. The number of carbonyl (C=O) groups is 4. The number of nitrogens with one attached hydrogen (secondary N) is 1. The monoisotopic (exact) mass is 456 g/mol. The van der Waals surface area contributed by atoms with Crippen molar-refractivity contribution in [3.8, 4) is 11.5 Å². The third-order valence-corrected chi connectivity index (χ3v) is 4.86. The van der Waals surface area contributed by atoms with Gasteiger partial charge in [-0.1, -0.05) is 0 Å². The van der Waals surface area contributed by atoms with Gasteiger partial charge >= 0.3 is 5.97 Å². The molecule has 1 heterocycles. The number of carboxylic acid groups (broad SMARTS) is 1. The molecule has 1 aliphatic rings. The van der Waals surface area contributed by atoms with Crippen LogP contribution in [0.5, 0.6) is 11.5 Å². The average molecular weight is 456 g/mol. The summed E-state index contributed by atoms with van der Waals surface area (Å²) in [4.78, 5) is 46.5. The number of benzene rings is 2. The number of carbonyl (C=O) groups excluding carboxylic acids is 3. The molecule has 0 spiro atoms. The summed E-state index contributed by atoms with van der Waals surface area (Å²) in [5.74, 6) is 0.0180. The van der Waals surface area contributed by atoms with Crippen molar-refractivity contribution in [2.45, 2.75) is 25.7 Å². The Bertz CT molecular complexity index is 956. The van der Waals surface area contributed by atoms with Gasteiger partial charge in [0.25, 0.3) is 11.8 Å². The molecule has 2 N–H and O–H groups in total. The molecule has 9 nitrogen and oxygen atoms in total. The maximum absolute atomic E-state index is 11.9. The molecule has 1 fully saturated rings. The molecule has 0 atom stereocenters. The predicted molar refractivity (Wildman–Crippen MR) is 120 cm³/mol. The number of ether oxygens (including phenoxy) is 2. The van der Waals surface area contributed by atoms with Crippen molar-refractivity contribution in [3.05, 3.63) is 59.7 Å². The highest BCUT2D eigenvalue weighted by atomic mass is 16.5. The second-order valence-corrected chi connectivity index (χ2v) is 7.16. The first kappa shape index (κ1) is 25.4. The molecule has 3 amide bonds. The van der Waals surface area contributed by atoms with Crippen LogP contribution in [-0.4, -0.2) is 61.0 Å². The molecule has 0 saturated carbocycles. The zero-order valence-electron chi connectivity index (χ0n) is 18.7. The van der Waals surface area contributed by atoms with E-state index in [1.54, 1.807) is 62.8 Å². The number of methoxy groups -OCH3 is 2. The van der Waals surface area contributed by atoms with Crippen molar-refractivity contribution in [3.63, 3.8) is 0 Å². The lowest BCUT2D eigenvalue weighted by Crippen LogP contribution is -2.31. The van der Waals surface area contributed by atoms with Gasteiger partial charge < -0.3 is 19.9 Å². The fraction of sp³-hybridized carbons (Fsp3) is 0.333. The number of nitrogens with zero attached hydrogens (tertiary/aromatic N) is 1. The lowest BCUT2D eigenvalue weighted by Gasteiger charge is -2.13. The van der Waals surface area contributed by atoms with Crippen LogP contribution in [0, 0.1) is 0 Å². The third kappa shape index (κ3) is 7.95.